The van der Waals surface area contributed by atoms with E-state index < -0.39 is 30.6 Å². The smallest absolute Gasteiger partial charge is 0.307 e. The van der Waals surface area contributed by atoms with Crippen molar-refractivity contribution in [3.63, 3.8) is 0 Å². The van der Waals surface area contributed by atoms with Crippen molar-refractivity contribution in [2.45, 2.75) is 6.42 Å². The van der Waals surface area contributed by atoms with Crippen LogP contribution in [-0.4, -0.2) is 35.7 Å². The number of benzene rings is 1. The Labute approximate surface area is 122 Å². The second kappa shape index (κ2) is 7.41. The topological polar surface area (TPSA) is 40.5 Å². The molecule has 3 nitrogen and oxygen atoms in total. The molecule has 0 spiro atoms. The molecule has 0 atom stereocenters. The highest BCUT2D eigenvalue weighted by atomic mass is 35.5. The Bertz CT molecular complexity index is 601. The van der Waals surface area contributed by atoms with Gasteiger partial charge in [0.15, 0.2) is 0 Å². The minimum Gasteiger partial charge on any atom is -0.481 e. The fourth-order valence-corrected chi connectivity index (χ4v) is 1.35. The zero-order valence-corrected chi connectivity index (χ0v) is 10.1. The molecule has 0 saturated carbocycles. The predicted octanol–water partition coefficient (Wildman–Crippen LogP) is 2.60. The molecule has 0 fully saturated rings. The van der Waals surface area contributed by atoms with Gasteiger partial charge in [0.25, 0.3) is 0 Å². The van der Waals surface area contributed by atoms with Gasteiger partial charge in [0.2, 0.25) is 0 Å². The van der Waals surface area contributed by atoms with Crippen molar-refractivity contribution in [2.24, 2.45) is 0 Å². The van der Waals surface area contributed by atoms with E-state index in [1.807, 2.05) is 0 Å². The van der Waals surface area contributed by atoms with Crippen LogP contribution in [0.1, 0.15) is 16.5 Å². The second-order valence-electron chi connectivity index (χ2n) is 2.98. The van der Waals surface area contributed by atoms with Crippen molar-refractivity contribution >= 4 is 34.9 Å². The maximum Gasteiger partial charge on any atom is 0.307 e. The van der Waals surface area contributed by atoms with E-state index in [0.29, 0.717) is 5.56 Å². The molecule has 0 radical (unpaired) electrons. The molecule has 0 aliphatic rings. The Morgan fingerprint density at radius 2 is 1.76 bits per heavy atom. The van der Waals surface area contributed by atoms with Crippen LogP contribution in [0.3, 0.4) is 0 Å². The SMILES string of the molecule is [2H]C([2H])(Cl)C([2H])([2H])N(c1ccc(CC(=O)O)cc1)C([2H])([2H])C([2H])([2H])Cl. The second-order valence-corrected chi connectivity index (χ2v) is 3.36. The lowest BCUT2D eigenvalue weighted by Gasteiger charge is -2.22. The Balaban J connectivity index is 3.50. The summed E-state index contributed by atoms with van der Waals surface area (Å²) in [4.78, 5) is 10.9. The molecular weight excluding hydrogens is 261 g/mol. The first kappa shape index (κ1) is 6.30. The first-order valence-corrected chi connectivity index (χ1v) is 5.26. The molecule has 0 aromatic heterocycles. The van der Waals surface area contributed by atoms with E-state index in [9.17, 15) is 4.79 Å². The van der Waals surface area contributed by atoms with Crippen LogP contribution < -0.4 is 4.90 Å². The molecule has 0 aliphatic carbocycles. The number of aliphatic carboxylic acids is 1. The molecule has 0 heterocycles. The number of anilines is 1. The summed E-state index contributed by atoms with van der Waals surface area (Å²) >= 11 is 10.9. The maximum absolute atomic E-state index is 10.7. The lowest BCUT2D eigenvalue weighted by atomic mass is 10.1. The normalized spacial score (nSPS) is 20.6. The summed E-state index contributed by atoms with van der Waals surface area (Å²) in [6, 6.07) is 4.82. The lowest BCUT2D eigenvalue weighted by molar-refractivity contribution is -0.136. The van der Waals surface area contributed by atoms with E-state index in [4.69, 9.17) is 39.3 Å². The van der Waals surface area contributed by atoms with Gasteiger partial charge in [-0.3, -0.25) is 4.79 Å². The minimum absolute atomic E-state index is 0.171. The van der Waals surface area contributed by atoms with E-state index in [1.165, 1.54) is 12.1 Å². The number of nitrogens with zero attached hydrogens (tertiary/aromatic N) is 1. The molecule has 17 heavy (non-hydrogen) atoms. The number of halogens is 2. The Morgan fingerprint density at radius 1 is 1.24 bits per heavy atom. The highest BCUT2D eigenvalue weighted by molar-refractivity contribution is 6.18. The third-order valence-electron chi connectivity index (χ3n) is 1.86. The Kier molecular flexibility index (Phi) is 2.74. The number of carboxylic acid groups (broad SMARTS) is 1. The third-order valence-corrected chi connectivity index (χ3v) is 2.03. The van der Waals surface area contributed by atoms with Crippen molar-refractivity contribution in [3.05, 3.63) is 29.8 Å². The van der Waals surface area contributed by atoms with Crippen molar-refractivity contribution in [3.8, 4) is 0 Å². The van der Waals surface area contributed by atoms with Crippen molar-refractivity contribution in [2.75, 3.05) is 29.6 Å². The Hall–Kier alpha value is -0.930. The molecule has 1 N–H and O–H groups in total. The van der Waals surface area contributed by atoms with E-state index in [-0.39, 0.29) is 17.0 Å². The summed E-state index contributed by atoms with van der Waals surface area (Å²) < 4.78 is 61.4. The summed E-state index contributed by atoms with van der Waals surface area (Å²) in [5.74, 6) is -7.30. The van der Waals surface area contributed by atoms with Crippen LogP contribution in [0.25, 0.3) is 0 Å². The van der Waals surface area contributed by atoms with Gasteiger partial charge in [0.05, 0.1) is 11.9 Å². The molecule has 5 heteroatoms. The van der Waals surface area contributed by atoms with Gasteiger partial charge in [-0.2, -0.15) is 0 Å². The van der Waals surface area contributed by atoms with Crippen LogP contribution >= 0.6 is 23.2 Å². The molecule has 1 rings (SSSR count). The highest BCUT2D eigenvalue weighted by Crippen LogP contribution is 2.15. The Morgan fingerprint density at radius 3 is 2.18 bits per heavy atom. The monoisotopic (exact) mass is 283 g/mol. The number of alkyl halides is 2. The molecule has 1 aromatic carbocycles. The van der Waals surface area contributed by atoms with Gasteiger partial charge in [-0.15, -0.1) is 23.2 Å². The fourth-order valence-electron chi connectivity index (χ4n) is 1.18. The van der Waals surface area contributed by atoms with E-state index in [2.05, 4.69) is 0 Å². The van der Waals surface area contributed by atoms with Crippen molar-refractivity contribution in [1.29, 1.82) is 0 Å². The van der Waals surface area contributed by atoms with Crippen molar-refractivity contribution in [1.82, 2.24) is 0 Å². The first-order chi connectivity index (χ1) is 11.0. The van der Waals surface area contributed by atoms with Gasteiger partial charge in [-0.25, -0.2) is 0 Å². The van der Waals surface area contributed by atoms with Gasteiger partial charge < -0.3 is 10.0 Å². The summed E-state index contributed by atoms with van der Waals surface area (Å²) in [7, 11) is 0. The van der Waals surface area contributed by atoms with Crippen LogP contribution in [0.5, 0.6) is 0 Å². The molecule has 0 saturated heterocycles. The van der Waals surface area contributed by atoms with E-state index in [1.54, 1.807) is 0 Å². The van der Waals surface area contributed by atoms with Crippen LogP contribution in [0.2, 0.25) is 0 Å². The van der Waals surface area contributed by atoms with Crippen LogP contribution in [0.15, 0.2) is 24.3 Å². The number of carboxylic acids is 1. The lowest BCUT2D eigenvalue weighted by Crippen LogP contribution is -2.27. The van der Waals surface area contributed by atoms with Gasteiger partial charge in [-0.05, 0) is 17.7 Å². The number of rotatable bonds is 7. The molecule has 94 valence electrons. The summed E-state index contributed by atoms with van der Waals surface area (Å²) in [5.41, 5.74) is 0.0679. The fraction of sp³-hybridized carbons (Fsp3) is 0.417. The number of hydrogen-bond acceptors (Lipinski definition) is 2. The van der Waals surface area contributed by atoms with Crippen LogP contribution in [0.4, 0.5) is 5.69 Å². The number of carbonyl (C=O) groups is 1. The standard InChI is InChI=1S/C12H15Cl2NO2/c13-5-7-15(8-6-14)11-3-1-10(2-4-11)9-12(16)17/h1-4H,5-9H2,(H,16,17)/i5D2,6D2,7D2,8D2. The average molecular weight is 284 g/mol. The summed E-state index contributed by atoms with van der Waals surface area (Å²) in [5, 5.41) is 8.75. The number of hydrogen-bond donors (Lipinski definition) is 1. The molecular formula is C12H15Cl2NO2. The van der Waals surface area contributed by atoms with E-state index >= 15 is 0 Å². The van der Waals surface area contributed by atoms with Gasteiger partial charge in [0.1, 0.15) is 0 Å². The predicted molar refractivity (Wildman–Crippen MR) is 71.4 cm³/mol. The zero-order chi connectivity index (χ0) is 19.8. The molecule has 0 bridgehead atoms. The maximum atomic E-state index is 10.7. The third kappa shape index (κ3) is 4.84. The molecule has 0 unspecified atom stereocenters. The minimum atomic E-state index is -3.20. The average Bonchev–Trinajstić information content (AvgIpc) is 2.37. The molecule has 0 aliphatic heterocycles. The van der Waals surface area contributed by atoms with Crippen molar-refractivity contribution < 1.29 is 20.9 Å². The quantitative estimate of drug-likeness (QED) is 0.782. The van der Waals surface area contributed by atoms with Gasteiger partial charge in [0, 0.05) is 35.8 Å². The first-order valence-electron chi connectivity index (χ1n) is 8.50. The summed E-state index contributed by atoms with van der Waals surface area (Å²) in [6.07, 6.45) is -0.327. The zero-order valence-electron chi connectivity index (χ0n) is 16.6. The molecule has 1 aromatic rings. The van der Waals surface area contributed by atoms with E-state index in [0.717, 1.165) is 12.1 Å². The van der Waals surface area contributed by atoms with Crippen LogP contribution in [-0.2, 0) is 11.2 Å². The van der Waals surface area contributed by atoms with Crippen LogP contribution in [0, 0.1) is 0 Å². The highest BCUT2D eigenvalue weighted by Gasteiger charge is 2.06. The summed E-state index contributed by atoms with van der Waals surface area (Å²) in [6.45, 7) is -6.40. The largest absolute Gasteiger partial charge is 0.481 e. The van der Waals surface area contributed by atoms with Gasteiger partial charge in [-0.1, -0.05) is 12.1 Å². The van der Waals surface area contributed by atoms with Gasteiger partial charge >= 0.3 is 5.97 Å². The molecule has 0 amide bonds.